The molecule has 1 unspecified atom stereocenters. The van der Waals surface area contributed by atoms with Crippen molar-refractivity contribution in [1.29, 1.82) is 0 Å². The summed E-state index contributed by atoms with van der Waals surface area (Å²) in [6, 6.07) is 36.1. The fraction of sp³-hybridized carbons (Fsp3) is 0.372. The zero-order valence-corrected chi connectivity index (χ0v) is 28.9. The number of para-hydroxylation sites is 1. The fourth-order valence-electron chi connectivity index (χ4n) is 7.81. The highest BCUT2D eigenvalue weighted by Gasteiger charge is 2.30. The minimum atomic E-state index is -0.148. The summed E-state index contributed by atoms with van der Waals surface area (Å²) in [5.41, 5.74) is 7.28. The number of anilines is 1. The number of ether oxygens (including phenoxy) is 1. The van der Waals surface area contributed by atoms with Gasteiger partial charge in [0.2, 0.25) is 0 Å². The number of aryl methyl sites for hydroxylation is 1. The Kier molecular flexibility index (Phi) is 10.7. The van der Waals surface area contributed by atoms with Crippen LogP contribution in [0.15, 0.2) is 103 Å². The second-order valence-electron chi connectivity index (χ2n) is 13.7. The van der Waals surface area contributed by atoms with Crippen LogP contribution in [0.4, 0.5) is 5.69 Å². The molecular weight excluding hydrogens is 604 g/mol. The van der Waals surface area contributed by atoms with Gasteiger partial charge in [-0.1, -0.05) is 86.1 Å². The predicted octanol–water partition coefficient (Wildman–Crippen LogP) is 8.60. The number of hydrogen-bond acceptors (Lipinski definition) is 4. The van der Waals surface area contributed by atoms with E-state index in [2.05, 4.69) is 118 Å². The number of benzene rings is 4. The van der Waals surface area contributed by atoms with Crippen molar-refractivity contribution in [2.75, 3.05) is 51.2 Å². The Balaban J connectivity index is 1.29. The Bertz CT molecular complexity index is 1800. The third-order valence-electron chi connectivity index (χ3n) is 10.3. The lowest BCUT2D eigenvalue weighted by atomic mass is 9.83. The highest BCUT2D eigenvalue weighted by molar-refractivity contribution is 6.09. The summed E-state index contributed by atoms with van der Waals surface area (Å²) >= 11 is 0. The molecule has 2 saturated heterocycles. The van der Waals surface area contributed by atoms with Gasteiger partial charge in [-0.3, -0.25) is 9.69 Å². The molecule has 3 heterocycles. The van der Waals surface area contributed by atoms with E-state index in [4.69, 9.17) is 4.74 Å². The molecule has 6 nitrogen and oxygen atoms in total. The monoisotopic (exact) mass is 654 g/mol. The summed E-state index contributed by atoms with van der Waals surface area (Å²) in [5.74, 6) is 0.663. The summed E-state index contributed by atoms with van der Waals surface area (Å²) in [4.78, 5) is 19.7. The van der Waals surface area contributed by atoms with E-state index >= 15 is 0 Å². The van der Waals surface area contributed by atoms with Crippen LogP contribution in [0.2, 0.25) is 0 Å². The van der Waals surface area contributed by atoms with Crippen LogP contribution in [0.3, 0.4) is 0 Å². The Labute approximate surface area is 291 Å². The van der Waals surface area contributed by atoms with Gasteiger partial charge >= 0.3 is 0 Å². The third-order valence-corrected chi connectivity index (χ3v) is 10.3. The van der Waals surface area contributed by atoms with Gasteiger partial charge in [0.15, 0.2) is 0 Å². The van der Waals surface area contributed by atoms with Gasteiger partial charge in [-0.2, -0.15) is 0 Å². The highest BCUT2D eigenvalue weighted by atomic mass is 16.5. The highest BCUT2D eigenvalue weighted by Crippen LogP contribution is 2.41. The summed E-state index contributed by atoms with van der Waals surface area (Å²) in [7, 11) is 0. The first-order valence-corrected chi connectivity index (χ1v) is 18.4. The number of nitrogens with zero attached hydrogens (tertiary/aromatic N) is 3. The second-order valence-corrected chi connectivity index (χ2v) is 13.7. The molecule has 0 saturated carbocycles. The van der Waals surface area contributed by atoms with Gasteiger partial charge in [-0.15, -0.1) is 0 Å². The summed E-state index contributed by atoms with van der Waals surface area (Å²) in [6.07, 6.45) is 7.19. The van der Waals surface area contributed by atoms with Crippen molar-refractivity contribution >= 4 is 22.5 Å². The van der Waals surface area contributed by atoms with E-state index < -0.39 is 0 Å². The van der Waals surface area contributed by atoms with Gasteiger partial charge in [-0.05, 0) is 105 Å². The quantitative estimate of drug-likeness (QED) is 0.130. The van der Waals surface area contributed by atoms with Crippen LogP contribution in [-0.2, 0) is 13.0 Å². The zero-order valence-electron chi connectivity index (χ0n) is 28.9. The first-order chi connectivity index (χ1) is 24.2. The number of aromatic nitrogens is 1. The van der Waals surface area contributed by atoms with E-state index in [0.29, 0.717) is 6.61 Å². The van der Waals surface area contributed by atoms with Gasteiger partial charge in [0.05, 0.1) is 0 Å². The molecule has 0 spiro atoms. The Morgan fingerprint density at radius 2 is 1.35 bits per heavy atom. The van der Waals surface area contributed by atoms with E-state index in [9.17, 15) is 4.79 Å². The molecule has 1 amide bonds. The SMILES string of the molecule is CCCc1ccc(NC(=O)c2c(C(c3ccccc3)c3ccc(OCCN4CCCC4)cc3)c3ccccc3n2CCN2CCCC2)cc1. The standard InChI is InChI=1S/C43H50N4O2/c1-2-12-33-17-21-36(22-18-33)44-43(48)42-41(38-15-6-7-16-39(38)47(42)30-29-45-25-8-9-26-45)40(34-13-4-3-5-14-34)35-19-23-37(24-20-35)49-32-31-46-27-10-11-28-46/h3-7,13-24,40H,2,8-12,25-32H2,1H3,(H,44,48). The van der Waals surface area contributed by atoms with Crippen LogP contribution in [-0.4, -0.2) is 66.1 Å². The van der Waals surface area contributed by atoms with Crippen molar-refractivity contribution in [3.05, 3.63) is 131 Å². The molecule has 7 rings (SSSR count). The fourth-order valence-corrected chi connectivity index (χ4v) is 7.81. The molecule has 254 valence electrons. The molecule has 0 radical (unpaired) electrons. The number of carbonyl (C=O) groups excluding carboxylic acids is 1. The minimum absolute atomic E-state index is 0.0707. The normalized spacial score (nSPS) is 15.9. The topological polar surface area (TPSA) is 49.7 Å². The molecule has 6 heteroatoms. The number of carbonyl (C=O) groups is 1. The van der Waals surface area contributed by atoms with E-state index in [1.54, 1.807) is 0 Å². The largest absolute Gasteiger partial charge is 0.492 e. The Morgan fingerprint density at radius 3 is 2.04 bits per heavy atom. The lowest BCUT2D eigenvalue weighted by Gasteiger charge is -2.22. The summed E-state index contributed by atoms with van der Waals surface area (Å²) < 4.78 is 8.49. The molecule has 4 aromatic carbocycles. The average Bonchev–Trinajstić information content (AvgIpc) is 3.92. The molecule has 1 atom stereocenters. The predicted molar refractivity (Wildman–Crippen MR) is 201 cm³/mol. The van der Waals surface area contributed by atoms with Crippen LogP contribution >= 0.6 is 0 Å². The number of hydrogen-bond donors (Lipinski definition) is 1. The van der Waals surface area contributed by atoms with Gasteiger partial charge in [0.25, 0.3) is 5.91 Å². The van der Waals surface area contributed by atoms with E-state index in [1.807, 2.05) is 12.1 Å². The Morgan fingerprint density at radius 1 is 0.714 bits per heavy atom. The molecule has 5 aromatic rings. The van der Waals surface area contributed by atoms with Crippen LogP contribution in [0.5, 0.6) is 5.75 Å². The molecule has 2 aliphatic rings. The Hall–Kier alpha value is -4.39. The van der Waals surface area contributed by atoms with Crippen molar-refractivity contribution in [2.45, 2.75) is 57.9 Å². The van der Waals surface area contributed by atoms with Crippen LogP contribution in [0.25, 0.3) is 10.9 Å². The average molecular weight is 655 g/mol. The maximum atomic E-state index is 14.7. The van der Waals surface area contributed by atoms with Crippen molar-refractivity contribution < 1.29 is 9.53 Å². The smallest absolute Gasteiger partial charge is 0.272 e. The zero-order chi connectivity index (χ0) is 33.4. The van der Waals surface area contributed by atoms with Crippen molar-refractivity contribution in [1.82, 2.24) is 14.4 Å². The molecule has 0 bridgehead atoms. The van der Waals surface area contributed by atoms with Crippen LogP contribution in [0.1, 0.15) is 77.7 Å². The van der Waals surface area contributed by atoms with Crippen molar-refractivity contribution in [3.63, 3.8) is 0 Å². The van der Waals surface area contributed by atoms with E-state index in [-0.39, 0.29) is 11.8 Å². The summed E-state index contributed by atoms with van der Waals surface area (Å²) in [6.45, 7) is 10.1. The molecule has 2 fully saturated rings. The van der Waals surface area contributed by atoms with Crippen molar-refractivity contribution in [3.8, 4) is 5.75 Å². The summed E-state index contributed by atoms with van der Waals surface area (Å²) in [5, 5.41) is 4.43. The first-order valence-electron chi connectivity index (χ1n) is 18.4. The number of rotatable bonds is 14. The number of likely N-dealkylation sites (tertiary alicyclic amines) is 2. The van der Waals surface area contributed by atoms with Gasteiger partial charge in [0, 0.05) is 47.7 Å². The van der Waals surface area contributed by atoms with Crippen molar-refractivity contribution in [2.24, 2.45) is 0 Å². The van der Waals surface area contributed by atoms with Crippen LogP contribution < -0.4 is 10.1 Å². The second kappa shape index (κ2) is 15.9. The first kappa shape index (κ1) is 33.1. The number of fused-ring (bicyclic) bond motifs is 1. The van der Waals surface area contributed by atoms with Gasteiger partial charge in [-0.25, -0.2) is 0 Å². The minimum Gasteiger partial charge on any atom is -0.492 e. The lowest BCUT2D eigenvalue weighted by Crippen LogP contribution is -2.27. The number of nitrogens with one attached hydrogen (secondary N) is 1. The van der Waals surface area contributed by atoms with E-state index in [1.165, 1.54) is 44.3 Å². The molecule has 1 N–H and O–H groups in total. The lowest BCUT2D eigenvalue weighted by molar-refractivity contribution is 0.101. The molecule has 49 heavy (non-hydrogen) atoms. The molecule has 2 aliphatic heterocycles. The van der Waals surface area contributed by atoms with Gasteiger partial charge in [0.1, 0.15) is 18.1 Å². The molecule has 1 aromatic heterocycles. The maximum absolute atomic E-state index is 14.7. The third kappa shape index (κ3) is 7.76. The molecular formula is C43H50N4O2. The number of amides is 1. The van der Waals surface area contributed by atoms with Gasteiger partial charge < -0.3 is 19.5 Å². The molecule has 0 aliphatic carbocycles. The maximum Gasteiger partial charge on any atom is 0.272 e. The van der Waals surface area contributed by atoms with E-state index in [0.717, 1.165) is 90.3 Å². The van der Waals surface area contributed by atoms with Crippen LogP contribution in [0, 0.1) is 0 Å².